The van der Waals surface area contributed by atoms with Crippen molar-refractivity contribution in [1.29, 1.82) is 0 Å². The molecule has 6 nitrogen and oxygen atoms in total. The minimum Gasteiger partial charge on any atom is -0.397 e. The van der Waals surface area contributed by atoms with Crippen molar-refractivity contribution in [2.75, 3.05) is 5.73 Å². The molecule has 0 aliphatic rings. The van der Waals surface area contributed by atoms with Crippen LogP contribution in [0.4, 0.5) is 5.69 Å². The van der Waals surface area contributed by atoms with Crippen LogP contribution in [0, 0.1) is 6.92 Å². The van der Waals surface area contributed by atoms with Gasteiger partial charge in [-0.25, -0.2) is 4.98 Å². The normalized spacial score (nSPS) is 10.7. The lowest BCUT2D eigenvalue weighted by atomic mass is 10.2. The van der Waals surface area contributed by atoms with E-state index in [0.29, 0.717) is 17.3 Å². The number of hydrogen-bond donors (Lipinski definition) is 1. The second kappa shape index (κ2) is 5.01. The molecule has 2 N–H and O–H groups in total. The van der Waals surface area contributed by atoms with Crippen molar-refractivity contribution in [3.63, 3.8) is 0 Å². The van der Waals surface area contributed by atoms with Crippen LogP contribution < -0.4 is 5.73 Å². The van der Waals surface area contributed by atoms with Crippen LogP contribution in [0.2, 0.25) is 0 Å². The molecule has 0 aliphatic heterocycles. The Labute approximate surface area is 123 Å². The van der Waals surface area contributed by atoms with Gasteiger partial charge in [0.05, 0.1) is 16.4 Å². The summed E-state index contributed by atoms with van der Waals surface area (Å²) in [5.74, 6) is 1.11. The average Bonchev–Trinajstić information content (AvgIpc) is 2.95. The minimum absolute atomic E-state index is 0.550. The predicted molar refractivity (Wildman–Crippen MR) is 79.2 cm³/mol. The Hall–Kier alpha value is -2.28. The van der Waals surface area contributed by atoms with Crippen molar-refractivity contribution in [1.82, 2.24) is 25.2 Å². The van der Waals surface area contributed by atoms with Crippen LogP contribution in [0.3, 0.4) is 0 Å². The Bertz CT molecular complexity index is 753. The van der Waals surface area contributed by atoms with Crippen LogP contribution >= 0.6 is 15.9 Å². The van der Waals surface area contributed by atoms with E-state index in [1.807, 2.05) is 37.3 Å². The van der Waals surface area contributed by atoms with Gasteiger partial charge in [0.15, 0.2) is 5.82 Å². The van der Waals surface area contributed by atoms with Gasteiger partial charge in [0, 0.05) is 5.56 Å². The molecule has 0 aliphatic carbocycles. The van der Waals surface area contributed by atoms with Gasteiger partial charge in [-0.2, -0.15) is 0 Å². The molecule has 0 saturated heterocycles. The zero-order valence-corrected chi connectivity index (χ0v) is 12.2. The molecule has 20 heavy (non-hydrogen) atoms. The van der Waals surface area contributed by atoms with Crippen LogP contribution in [0.15, 0.2) is 41.0 Å². The van der Waals surface area contributed by atoms with Crippen LogP contribution in [0.5, 0.6) is 0 Å². The fraction of sp³-hybridized carbons (Fsp3) is 0.0769. The highest BCUT2D eigenvalue weighted by atomic mass is 79.9. The minimum atomic E-state index is 0.550. The molecule has 7 heteroatoms. The van der Waals surface area contributed by atoms with Crippen molar-refractivity contribution < 1.29 is 0 Å². The first kappa shape index (κ1) is 12.7. The largest absolute Gasteiger partial charge is 0.397 e. The summed E-state index contributed by atoms with van der Waals surface area (Å²) in [7, 11) is 0. The fourth-order valence-corrected chi connectivity index (χ4v) is 2.21. The van der Waals surface area contributed by atoms with Gasteiger partial charge >= 0.3 is 0 Å². The third-order valence-electron chi connectivity index (χ3n) is 2.92. The Morgan fingerprint density at radius 2 is 1.95 bits per heavy atom. The average molecular weight is 331 g/mol. The highest BCUT2D eigenvalue weighted by Gasteiger charge is 2.13. The van der Waals surface area contributed by atoms with Gasteiger partial charge in [-0.05, 0) is 33.6 Å². The molecule has 100 valence electrons. The molecule has 0 amide bonds. The Kier molecular flexibility index (Phi) is 3.19. The summed E-state index contributed by atoms with van der Waals surface area (Å²) < 4.78 is 0.759. The summed E-state index contributed by atoms with van der Waals surface area (Å²) in [5.41, 5.74) is 8.22. The van der Waals surface area contributed by atoms with Crippen LogP contribution in [0.25, 0.3) is 17.2 Å². The molecule has 2 aromatic heterocycles. The number of hydrogen-bond acceptors (Lipinski definition) is 5. The molecule has 3 rings (SSSR count). The zero-order valence-electron chi connectivity index (χ0n) is 10.7. The molecule has 2 heterocycles. The second-order valence-corrected chi connectivity index (χ2v) is 5.04. The predicted octanol–water partition coefficient (Wildman–Crippen LogP) is 2.38. The highest BCUT2D eigenvalue weighted by molar-refractivity contribution is 9.10. The van der Waals surface area contributed by atoms with Crippen molar-refractivity contribution in [2.45, 2.75) is 6.92 Å². The van der Waals surface area contributed by atoms with Gasteiger partial charge in [0.1, 0.15) is 0 Å². The van der Waals surface area contributed by atoms with Gasteiger partial charge < -0.3 is 5.73 Å². The molecule has 0 saturated carbocycles. The van der Waals surface area contributed by atoms with Crippen LogP contribution in [-0.4, -0.2) is 25.2 Å². The standard InChI is InChI=1S/C13H11BrN6/c1-8-10(15)7-16-13(11(8)14)20-18-12(17-19-20)9-5-3-2-4-6-9/h2-7H,15H2,1H3. The molecular formula is C13H11BrN6. The molecule has 0 unspecified atom stereocenters. The summed E-state index contributed by atoms with van der Waals surface area (Å²) >= 11 is 3.46. The summed E-state index contributed by atoms with van der Waals surface area (Å²) in [6, 6.07) is 9.65. The van der Waals surface area contributed by atoms with Crippen molar-refractivity contribution >= 4 is 21.6 Å². The second-order valence-electron chi connectivity index (χ2n) is 4.24. The van der Waals surface area contributed by atoms with Crippen molar-refractivity contribution in [2.24, 2.45) is 0 Å². The number of nitrogens with zero attached hydrogens (tertiary/aromatic N) is 5. The van der Waals surface area contributed by atoms with Gasteiger partial charge in [-0.3, -0.25) is 0 Å². The number of rotatable bonds is 2. The van der Waals surface area contributed by atoms with Crippen LogP contribution in [-0.2, 0) is 0 Å². The maximum atomic E-state index is 5.81. The lowest BCUT2D eigenvalue weighted by Gasteiger charge is -2.06. The maximum absolute atomic E-state index is 5.81. The first-order valence-corrected chi connectivity index (χ1v) is 6.72. The molecule has 0 atom stereocenters. The van der Waals surface area contributed by atoms with Gasteiger partial charge in [0.25, 0.3) is 0 Å². The van der Waals surface area contributed by atoms with E-state index < -0.39 is 0 Å². The van der Waals surface area contributed by atoms with E-state index in [1.165, 1.54) is 4.80 Å². The highest BCUT2D eigenvalue weighted by Crippen LogP contribution is 2.26. The first-order valence-electron chi connectivity index (χ1n) is 5.93. The third kappa shape index (κ3) is 2.16. The molecule has 0 fully saturated rings. The quantitative estimate of drug-likeness (QED) is 0.779. The zero-order chi connectivity index (χ0) is 14.1. The van der Waals surface area contributed by atoms with E-state index in [4.69, 9.17) is 5.73 Å². The number of halogens is 1. The summed E-state index contributed by atoms with van der Waals surface area (Å²) in [6.07, 6.45) is 1.58. The molecule has 0 bridgehead atoms. The number of benzene rings is 1. The van der Waals surface area contributed by atoms with E-state index in [9.17, 15) is 0 Å². The summed E-state index contributed by atoms with van der Waals surface area (Å²) in [6.45, 7) is 1.90. The summed E-state index contributed by atoms with van der Waals surface area (Å²) in [5, 5.41) is 12.4. The number of nitrogen functional groups attached to an aromatic ring is 1. The van der Waals surface area contributed by atoms with E-state index in [1.54, 1.807) is 6.20 Å². The molecule has 0 spiro atoms. The van der Waals surface area contributed by atoms with Gasteiger partial charge in [-0.15, -0.1) is 15.0 Å². The van der Waals surface area contributed by atoms with E-state index in [0.717, 1.165) is 15.6 Å². The number of pyridine rings is 1. The monoisotopic (exact) mass is 330 g/mol. The number of aromatic nitrogens is 5. The lowest BCUT2D eigenvalue weighted by molar-refractivity contribution is 0.697. The Morgan fingerprint density at radius 3 is 2.70 bits per heavy atom. The fourth-order valence-electron chi connectivity index (χ4n) is 1.72. The summed E-state index contributed by atoms with van der Waals surface area (Å²) in [4.78, 5) is 5.63. The Morgan fingerprint density at radius 1 is 1.20 bits per heavy atom. The molecule has 0 radical (unpaired) electrons. The molecular weight excluding hydrogens is 320 g/mol. The van der Waals surface area contributed by atoms with Crippen LogP contribution in [0.1, 0.15) is 5.56 Å². The van der Waals surface area contributed by atoms with E-state index in [2.05, 4.69) is 36.3 Å². The smallest absolute Gasteiger partial charge is 0.205 e. The molecule has 3 aromatic rings. The number of nitrogens with two attached hydrogens (primary N) is 1. The van der Waals surface area contributed by atoms with Crippen molar-refractivity contribution in [3.8, 4) is 17.2 Å². The van der Waals surface area contributed by atoms with Crippen molar-refractivity contribution in [3.05, 3.63) is 46.6 Å². The van der Waals surface area contributed by atoms with E-state index in [-0.39, 0.29) is 0 Å². The van der Waals surface area contributed by atoms with E-state index >= 15 is 0 Å². The number of anilines is 1. The lowest BCUT2D eigenvalue weighted by Crippen LogP contribution is -2.05. The number of tetrazole rings is 1. The Balaban J connectivity index is 2.05. The topological polar surface area (TPSA) is 82.5 Å². The maximum Gasteiger partial charge on any atom is 0.205 e. The SMILES string of the molecule is Cc1c(N)cnc(-n2nnc(-c3ccccc3)n2)c1Br. The third-order valence-corrected chi connectivity index (χ3v) is 3.87. The first-order chi connectivity index (χ1) is 9.66. The van der Waals surface area contributed by atoms with Gasteiger partial charge in [0.2, 0.25) is 5.82 Å². The molecule has 1 aromatic carbocycles. The van der Waals surface area contributed by atoms with Gasteiger partial charge in [-0.1, -0.05) is 30.3 Å².